The monoisotopic (exact) mass is 325 g/mol. The van der Waals surface area contributed by atoms with Crippen LogP contribution in [0.5, 0.6) is 0 Å². The molecule has 0 aliphatic heterocycles. The van der Waals surface area contributed by atoms with Gasteiger partial charge in [-0.15, -0.1) is 0 Å². The zero-order chi connectivity index (χ0) is 16.3. The third-order valence-electron chi connectivity index (χ3n) is 2.78. The number of hydrogen-bond acceptors (Lipinski definition) is 3. The van der Waals surface area contributed by atoms with E-state index in [4.69, 9.17) is 4.55 Å². The molecule has 0 atom stereocenters. The average molecular weight is 325 g/mol. The summed E-state index contributed by atoms with van der Waals surface area (Å²) in [4.78, 5) is 0. The van der Waals surface area contributed by atoms with Crippen molar-refractivity contribution in [1.82, 2.24) is 5.32 Å². The van der Waals surface area contributed by atoms with Gasteiger partial charge in [-0.25, -0.2) is 13.2 Å². The number of rotatable bonds is 7. The Morgan fingerprint density at radius 2 is 1.71 bits per heavy atom. The summed E-state index contributed by atoms with van der Waals surface area (Å²) < 4.78 is 69.1. The van der Waals surface area contributed by atoms with E-state index in [1.54, 1.807) is 26.0 Å². The third kappa shape index (κ3) is 7.45. The van der Waals surface area contributed by atoms with Crippen LogP contribution in [0.15, 0.2) is 24.3 Å². The molecule has 2 N–H and O–H groups in total. The van der Waals surface area contributed by atoms with Crippen molar-refractivity contribution in [3.8, 4) is 0 Å². The lowest BCUT2D eigenvalue weighted by molar-refractivity contribution is 0.0179. The normalized spacial score (nSPS) is 13.4. The molecule has 0 unspecified atom stereocenters. The largest absolute Gasteiger partial charge is 0.306 e. The van der Waals surface area contributed by atoms with Crippen molar-refractivity contribution in [2.24, 2.45) is 0 Å². The molecule has 0 amide bonds. The van der Waals surface area contributed by atoms with Crippen molar-refractivity contribution in [3.63, 3.8) is 0 Å². The van der Waals surface area contributed by atoms with Crippen molar-refractivity contribution in [1.29, 1.82) is 0 Å². The van der Waals surface area contributed by atoms with Crippen LogP contribution < -0.4 is 5.32 Å². The van der Waals surface area contributed by atoms with Gasteiger partial charge in [0.25, 0.3) is 16.0 Å². The highest BCUT2D eigenvalue weighted by Gasteiger charge is 2.36. The number of hydrogen-bond donors (Lipinski definition) is 2. The van der Waals surface area contributed by atoms with E-state index >= 15 is 0 Å². The molecule has 0 radical (unpaired) electrons. The predicted molar refractivity (Wildman–Crippen MR) is 73.5 cm³/mol. The minimum atomic E-state index is -4.74. The van der Waals surface area contributed by atoms with Crippen molar-refractivity contribution in [2.45, 2.75) is 31.7 Å². The molecular formula is C13H18F3NO3S. The minimum Gasteiger partial charge on any atom is -0.306 e. The summed E-state index contributed by atoms with van der Waals surface area (Å²) in [5, 5.41) is 2.57. The highest BCUT2D eigenvalue weighted by Crippen LogP contribution is 2.18. The lowest BCUT2D eigenvalue weighted by Crippen LogP contribution is -2.49. The van der Waals surface area contributed by atoms with Crippen molar-refractivity contribution in [3.05, 3.63) is 35.6 Å². The van der Waals surface area contributed by atoms with Gasteiger partial charge in [0.1, 0.15) is 11.6 Å². The number of halogens is 3. The molecule has 0 fully saturated rings. The molecule has 0 saturated heterocycles. The van der Waals surface area contributed by atoms with Gasteiger partial charge < -0.3 is 5.32 Å². The Hall–Kier alpha value is -1.12. The smallest absolute Gasteiger partial charge is 0.276 e. The standard InChI is InChI=1S/C13H18F3NO3S/c1-12(2,7-10-3-5-11(14)6-4-10)17-8-13(15,16)9-21(18,19)20/h3-6,17H,7-9H2,1-2H3,(H,18,19,20). The van der Waals surface area contributed by atoms with Crippen LogP contribution in [0, 0.1) is 5.82 Å². The summed E-state index contributed by atoms with van der Waals surface area (Å²) in [7, 11) is -4.74. The number of nitrogens with one attached hydrogen (secondary N) is 1. The van der Waals surface area contributed by atoms with E-state index in [1.807, 2.05) is 0 Å². The molecule has 1 aromatic carbocycles. The van der Waals surface area contributed by atoms with E-state index in [0.717, 1.165) is 5.56 Å². The van der Waals surface area contributed by atoms with Crippen LogP contribution in [0.3, 0.4) is 0 Å². The van der Waals surface area contributed by atoms with Crippen LogP contribution >= 0.6 is 0 Å². The molecule has 0 spiro atoms. The third-order valence-corrected chi connectivity index (χ3v) is 3.57. The van der Waals surface area contributed by atoms with E-state index in [0.29, 0.717) is 6.42 Å². The topological polar surface area (TPSA) is 66.4 Å². The summed E-state index contributed by atoms with van der Waals surface area (Å²) in [5.74, 6) is -5.59. The van der Waals surface area contributed by atoms with Gasteiger partial charge in [0, 0.05) is 5.54 Å². The zero-order valence-corrected chi connectivity index (χ0v) is 12.6. The molecular weight excluding hydrogens is 307 g/mol. The van der Waals surface area contributed by atoms with Gasteiger partial charge in [0.05, 0.1) is 6.54 Å². The molecule has 1 rings (SSSR count). The first kappa shape index (κ1) is 17.9. The van der Waals surface area contributed by atoms with Crippen LogP contribution in [-0.4, -0.2) is 36.7 Å². The first-order valence-corrected chi connectivity index (χ1v) is 7.82. The molecule has 0 aliphatic rings. The van der Waals surface area contributed by atoms with Crippen LogP contribution in [-0.2, 0) is 16.5 Å². The molecule has 4 nitrogen and oxygen atoms in total. The summed E-state index contributed by atoms with van der Waals surface area (Å²) in [6, 6.07) is 5.65. The second-order valence-electron chi connectivity index (χ2n) is 5.62. The van der Waals surface area contributed by atoms with Crippen molar-refractivity contribution in [2.75, 3.05) is 12.3 Å². The highest BCUT2D eigenvalue weighted by atomic mass is 32.2. The van der Waals surface area contributed by atoms with Gasteiger partial charge in [0.15, 0.2) is 0 Å². The Balaban J connectivity index is 2.62. The van der Waals surface area contributed by atoms with Crippen LogP contribution in [0.25, 0.3) is 0 Å². The van der Waals surface area contributed by atoms with E-state index in [9.17, 15) is 21.6 Å². The number of benzene rings is 1. The fourth-order valence-electron chi connectivity index (χ4n) is 1.86. The van der Waals surface area contributed by atoms with E-state index in [-0.39, 0.29) is 5.82 Å². The Kier molecular flexibility index (Phi) is 5.40. The SMILES string of the molecule is CC(C)(Cc1ccc(F)cc1)NCC(F)(F)CS(=O)(=O)O. The lowest BCUT2D eigenvalue weighted by atomic mass is 9.94. The second-order valence-corrected chi connectivity index (χ2v) is 7.08. The Morgan fingerprint density at radius 1 is 1.19 bits per heavy atom. The van der Waals surface area contributed by atoms with E-state index < -0.39 is 33.9 Å². The van der Waals surface area contributed by atoms with Gasteiger partial charge in [-0.2, -0.15) is 8.42 Å². The fraction of sp³-hybridized carbons (Fsp3) is 0.538. The van der Waals surface area contributed by atoms with E-state index in [1.165, 1.54) is 12.1 Å². The van der Waals surface area contributed by atoms with Crippen LogP contribution in [0.1, 0.15) is 19.4 Å². The van der Waals surface area contributed by atoms with Gasteiger partial charge in [-0.05, 0) is 38.0 Å². The fourth-order valence-corrected chi connectivity index (χ4v) is 2.50. The zero-order valence-electron chi connectivity index (χ0n) is 11.7. The summed E-state index contributed by atoms with van der Waals surface area (Å²) in [6.45, 7) is 2.45. The molecule has 0 aliphatic carbocycles. The summed E-state index contributed by atoms with van der Waals surface area (Å²) in [5.41, 5.74) is 0.00695. The second kappa shape index (κ2) is 6.33. The maximum absolute atomic E-state index is 13.4. The average Bonchev–Trinajstić information content (AvgIpc) is 2.27. The molecule has 120 valence electrons. The van der Waals surface area contributed by atoms with E-state index in [2.05, 4.69) is 5.32 Å². The molecule has 21 heavy (non-hydrogen) atoms. The van der Waals surface area contributed by atoms with Gasteiger partial charge in [-0.3, -0.25) is 4.55 Å². The maximum Gasteiger partial charge on any atom is 0.276 e. The molecule has 0 aromatic heterocycles. The first-order valence-electron chi connectivity index (χ1n) is 6.21. The Morgan fingerprint density at radius 3 is 2.19 bits per heavy atom. The Bertz CT molecular complexity index is 571. The van der Waals surface area contributed by atoms with Crippen LogP contribution in [0.4, 0.5) is 13.2 Å². The number of alkyl halides is 2. The molecule has 0 saturated carbocycles. The van der Waals surface area contributed by atoms with Gasteiger partial charge >= 0.3 is 0 Å². The predicted octanol–water partition coefficient (Wildman–Crippen LogP) is 2.26. The molecule has 1 aromatic rings. The van der Waals surface area contributed by atoms with Crippen molar-refractivity contribution < 1.29 is 26.1 Å². The van der Waals surface area contributed by atoms with Gasteiger partial charge in [0.2, 0.25) is 0 Å². The minimum absolute atomic E-state index is 0.356. The first-order chi connectivity index (χ1) is 9.39. The Labute approximate surface area is 122 Å². The van der Waals surface area contributed by atoms with Gasteiger partial charge in [-0.1, -0.05) is 12.1 Å². The summed E-state index contributed by atoms with van der Waals surface area (Å²) >= 11 is 0. The molecule has 0 heterocycles. The summed E-state index contributed by atoms with van der Waals surface area (Å²) in [6.07, 6.45) is 0.356. The highest BCUT2D eigenvalue weighted by molar-refractivity contribution is 7.85. The van der Waals surface area contributed by atoms with Crippen LogP contribution in [0.2, 0.25) is 0 Å². The lowest BCUT2D eigenvalue weighted by Gasteiger charge is -2.29. The maximum atomic E-state index is 13.4. The molecule has 8 heteroatoms. The molecule has 0 bridgehead atoms. The van der Waals surface area contributed by atoms with Crippen molar-refractivity contribution >= 4 is 10.1 Å². The quantitative estimate of drug-likeness (QED) is 0.755.